The first-order chi connectivity index (χ1) is 18.3. The van der Waals surface area contributed by atoms with Crippen LogP contribution in [0.3, 0.4) is 0 Å². The maximum Gasteiger partial charge on any atom is 0.269 e. The molecule has 1 aliphatic rings. The number of aryl methyl sites for hydroxylation is 1. The van der Waals surface area contributed by atoms with Crippen LogP contribution in [0.15, 0.2) is 54.7 Å². The second kappa shape index (κ2) is 8.73. The molecule has 0 unspecified atom stereocenters. The molecule has 3 N–H and O–H groups in total. The largest absolute Gasteiger partial charge is 0.530 e. The number of H-pyrrole nitrogens is 1. The molecule has 6 rings (SSSR count). The van der Waals surface area contributed by atoms with Crippen molar-refractivity contribution in [3.8, 4) is 39.7 Å². The minimum absolute atomic E-state index is 0.00780. The Hall–Kier alpha value is -5.19. The fourth-order valence-electron chi connectivity index (χ4n) is 4.77. The Kier molecular flexibility index (Phi) is 5.34. The van der Waals surface area contributed by atoms with E-state index in [-0.39, 0.29) is 24.7 Å². The number of benzene rings is 2. The first-order valence-corrected chi connectivity index (χ1v) is 11.8. The lowest BCUT2D eigenvalue weighted by Crippen LogP contribution is -2.37. The summed E-state index contributed by atoms with van der Waals surface area (Å²) in [4.78, 5) is 36.3. The highest BCUT2D eigenvalue weighted by Gasteiger charge is 2.24. The molecule has 11 heteroatoms. The van der Waals surface area contributed by atoms with Gasteiger partial charge in [-0.1, -0.05) is 30.3 Å². The van der Waals surface area contributed by atoms with Gasteiger partial charge in [-0.3, -0.25) is 14.5 Å². The van der Waals surface area contributed by atoms with Gasteiger partial charge in [-0.2, -0.15) is 5.10 Å². The Balaban J connectivity index is 1.29. The molecule has 3 aromatic heterocycles. The van der Waals surface area contributed by atoms with Crippen LogP contribution in [0.1, 0.15) is 21.6 Å². The first-order valence-electron chi connectivity index (χ1n) is 11.8. The number of imidazole rings is 1. The summed E-state index contributed by atoms with van der Waals surface area (Å²) in [7, 11) is 3.29. The van der Waals surface area contributed by atoms with Crippen molar-refractivity contribution in [3.05, 3.63) is 71.5 Å². The van der Waals surface area contributed by atoms with Crippen molar-refractivity contribution in [2.75, 3.05) is 7.05 Å². The quantitative estimate of drug-likeness (QED) is 0.337. The van der Waals surface area contributed by atoms with Crippen LogP contribution in [0.5, 0.6) is 5.75 Å². The van der Waals surface area contributed by atoms with Gasteiger partial charge < -0.3 is 30.2 Å². The van der Waals surface area contributed by atoms with Crippen molar-refractivity contribution >= 4 is 23.0 Å². The third-order valence-electron chi connectivity index (χ3n) is 6.75. The van der Waals surface area contributed by atoms with Gasteiger partial charge in [0.25, 0.3) is 5.91 Å². The molecule has 11 nitrogen and oxygen atoms in total. The Morgan fingerprint density at radius 3 is 2.37 bits per heavy atom. The van der Waals surface area contributed by atoms with Gasteiger partial charge in [0.15, 0.2) is 11.6 Å². The fraction of sp³-hybridized carbons (Fsp3) is 0.148. The van der Waals surface area contributed by atoms with E-state index < -0.39 is 6.09 Å². The monoisotopic (exact) mass is 508 g/mol. The molecule has 0 radical (unpaired) electrons. The number of pyridine rings is 1. The van der Waals surface area contributed by atoms with Crippen LogP contribution in [0.2, 0.25) is 0 Å². The first kappa shape index (κ1) is 23.2. The molecule has 0 bridgehead atoms. The topological polar surface area (TPSA) is 152 Å². The van der Waals surface area contributed by atoms with E-state index in [0.717, 1.165) is 33.3 Å². The molecular weight excluding hydrogens is 486 g/mol. The van der Waals surface area contributed by atoms with Crippen molar-refractivity contribution < 1.29 is 19.8 Å². The molecule has 4 heterocycles. The summed E-state index contributed by atoms with van der Waals surface area (Å²) in [6.45, 7) is 0.536. The van der Waals surface area contributed by atoms with Gasteiger partial charge in [0.1, 0.15) is 23.2 Å². The number of carbonyl (C=O) groups is 2. The predicted molar refractivity (Wildman–Crippen MR) is 137 cm³/mol. The number of carbonyl (C=O) groups excluding carboxylic acids is 2. The smallest absolute Gasteiger partial charge is 0.269 e. The SMILES string of the molecule is CNC(=O)c1ccc(-c2ccc(-c3nn(C)c(-c4nc5cc6c(cc5[nH]4)CN(C(=O)[O-])C6)c3O)cc2)cn1. The summed E-state index contributed by atoms with van der Waals surface area (Å²) < 4.78 is 1.57. The van der Waals surface area contributed by atoms with Crippen LogP contribution in [-0.4, -0.2) is 53.8 Å². The van der Waals surface area contributed by atoms with Crippen LogP contribution in [0.4, 0.5) is 4.79 Å². The molecule has 38 heavy (non-hydrogen) atoms. The summed E-state index contributed by atoms with van der Waals surface area (Å²) in [6.07, 6.45) is 0.443. The van der Waals surface area contributed by atoms with Crippen molar-refractivity contribution in [3.63, 3.8) is 0 Å². The number of carboxylic acid groups (broad SMARTS) is 1. The molecule has 190 valence electrons. The number of aromatic nitrogens is 5. The van der Waals surface area contributed by atoms with E-state index in [1.807, 2.05) is 42.5 Å². The minimum atomic E-state index is -1.20. The highest BCUT2D eigenvalue weighted by Crippen LogP contribution is 2.38. The number of rotatable bonds is 4. The molecule has 0 fully saturated rings. The summed E-state index contributed by atoms with van der Waals surface area (Å²) in [5.41, 5.74) is 6.85. The second-order valence-electron chi connectivity index (χ2n) is 9.10. The third kappa shape index (κ3) is 3.81. The maximum absolute atomic E-state index is 11.7. The molecule has 0 atom stereocenters. The lowest BCUT2D eigenvalue weighted by molar-refractivity contribution is -0.266. The molecule has 1 aliphatic heterocycles. The van der Waals surface area contributed by atoms with E-state index in [1.165, 1.54) is 4.90 Å². The number of aromatic hydroxyl groups is 1. The van der Waals surface area contributed by atoms with Gasteiger partial charge in [0.05, 0.1) is 11.0 Å². The maximum atomic E-state index is 11.7. The van der Waals surface area contributed by atoms with E-state index in [9.17, 15) is 19.8 Å². The standard InChI is InChI=1S/C27H23N7O4/c1-28-26(36)19-8-7-16(11-29-19)14-3-5-15(6-4-14)22-24(35)23(33(2)32-22)25-30-20-9-17-12-34(27(37)38)13-18(17)10-21(20)31-25/h3-11,35H,12-13H2,1-2H3,(H,28,36)(H,30,31)(H,37,38)/p-1. The molecule has 2 aromatic carbocycles. The Labute approximate surface area is 216 Å². The summed E-state index contributed by atoms with van der Waals surface area (Å²) in [5.74, 6) is 0.203. The molecular formula is C27H22N7O4-. The fourth-order valence-corrected chi connectivity index (χ4v) is 4.77. The van der Waals surface area contributed by atoms with Gasteiger partial charge >= 0.3 is 0 Å². The molecule has 2 amide bonds. The average molecular weight is 509 g/mol. The van der Waals surface area contributed by atoms with Crippen LogP contribution in [-0.2, 0) is 20.1 Å². The van der Waals surface area contributed by atoms with Gasteiger partial charge in [0.2, 0.25) is 0 Å². The normalized spacial score (nSPS) is 12.6. The van der Waals surface area contributed by atoms with Crippen LogP contribution >= 0.6 is 0 Å². The number of nitrogens with one attached hydrogen (secondary N) is 2. The Morgan fingerprint density at radius 2 is 1.71 bits per heavy atom. The van der Waals surface area contributed by atoms with Crippen molar-refractivity contribution in [2.24, 2.45) is 7.05 Å². The predicted octanol–water partition coefficient (Wildman–Crippen LogP) is 2.42. The summed E-state index contributed by atoms with van der Waals surface area (Å²) in [5, 5.41) is 29.4. The molecule has 5 aromatic rings. The molecule has 0 saturated heterocycles. The lowest BCUT2D eigenvalue weighted by Gasteiger charge is -2.16. The molecule has 0 spiro atoms. The van der Waals surface area contributed by atoms with Crippen molar-refractivity contribution in [1.82, 2.24) is 34.9 Å². The van der Waals surface area contributed by atoms with E-state index in [1.54, 1.807) is 31.0 Å². The van der Waals surface area contributed by atoms with Crippen LogP contribution in [0, 0.1) is 0 Å². The number of amides is 2. The van der Waals surface area contributed by atoms with Gasteiger partial charge in [-0.25, -0.2) is 4.98 Å². The number of aromatic amines is 1. The third-order valence-corrected chi connectivity index (χ3v) is 6.75. The van der Waals surface area contributed by atoms with Gasteiger partial charge in [-0.15, -0.1) is 0 Å². The number of hydrogen-bond acceptors (Lipinski definition) is 7. The zero-order valence-corrected chi connectivity index (χ0v) is 20.5. The van der Waals surface area contributed by atoms with E-state index in [0.29, 0.717) is 28.4 Å². The Morgan fingerprint density at radius 1 is 1.03 bits per heavy atom. The van der Waals surface area contributed by atoms with Crippen molar-refractivity contribution in [1.29, 1.82) is 0 Å². The van der Waals surface area contributed by atoms with E-state index in [4.69, 9.17) is 0 Å². The number of fused-ring (bicyclic) bond motifs is 2. The molecule has 0 saturated carbocycles. The summed E-state index contributed by atoms with van der Waals surface area (Å²) >= 11 is 0. The number of nitrogens with zero attached hydrogens (tertiary/aromatic N) is 5. The zero-order valence-electron chi connectivity index (χ0n) is 20.5. The second-order valence-corrected chi connectivity index (χ2v) is 9.10. The highest BCUT2D eigenvalue weighted by atomic mass is 16.4. The Bertz CT molecular complexity index is 1680. The van der Waals surface area contributed by atoms with E-state index in [2.05, 4.69) is 25.4 Å². The summed E-state index contributed by atoms with van der Waals surface area (Å²) in [6, 6.07) is 14.8. The average Bonchev–Trinajstić information content (AvgIpc) is 3.61. The van der Waals surface area contributed by atoms with Gasteiger partial charge in [-0.05, 0) is 34.9 Å². The molecule has 0 aliphatic carbocycles. The zero-order chi connectivity index (χ0) is 26.6. The van der Waals surface area contributed by atoms with E-state index >= 15 is 0 Å². The minimum Gasteiger partial charge on any atom is -0.530 e. The lowest BCUT2D eigenvalue weighted by atomic mass is 10.0. The van der Waals surface area contributed by atoms with Crippen LogP contribution in [0.25, 0.3) is 44.9 Å². The van der Waals surface area contributed by atoms with Crippen molar-refractivity contribution in [2.45, 2.75) is 13.1 Å². The highest BCUT2D eigenvalue weighted by molar-refractivity contribution is 5.92. The van der Waals surface area contributed by atoms with Crippen LogP contribution < -0.4 is 10.4 Å². The van der Waals surface area contributed by atoms with Gasteiger partial charge in [0, 0.05) is 44.5 Å². The number of hydrogen-bond donors (Lipinski definition) is 3.